The molecule has 0 aliphatic carbocycles. The van der Waals surface area contributed by atoms with Gasteiger partial charge in [0.2, 0.25) is 5.95 Å². The maximum atomic E-state index is 5.51. The molecule has 3 aromatic rings. The van der Waals surface area contributed by atoms with Gasteiger partial charge in [-0.25, -0.2) is 9.98 Å². The van der Waals surface area contributed by atoms with E-state index in [1.807, 2.05) is 34.9 Å². The molecule has 2 aromatic heterocycles. The molecule has 24 heavy (non-hydrogen) atoms. The number of benzene rings is 1. The molecule has 1 aliphatic rings. The number of nitrogens with zero attached hydrogens (tertiary/aromatic N) is 6. The summed E-state index contributed by atoms with van der Waals surface area (Å²) in [6.07, 6.45) is 1.74. The molecule has 1 saturated heterocycles. The molecular weight excluding hydrogens is 304 g/mol. The Bertz CT molecular complexity index is 890. The van der Waals surface area contributed by atoms with Crippen LogP contribution in [0.2, 0.25) is 0 Å². The summed E-state index contributed by atoms with van der Waals surface area (Å²) in [7, 11) is 0. The molecule has 4 rings (SSSR count). The molecule has 0 saturated carbocycles. The monoisotopic (exact) mass is 322 g/mol. The predicted octanol–water partition coefficient (Wildman–Crippen LogP) is 2.37. The van der Waals surface area contributed by atoms with Crippen molar-refractivity contribution in [3.63, 3.8) is 0 Å². The van der Waals surface area contributed by atoms with Crippen LogP contribution in [0.15, 0.2) is 41.7 Å². The fourth-order valence-corrected chi connectivity index (χ4v) is 2.93. The van der Waals surface area contributed by atoms with Crippen LogP contribution in [0.25, 0.3) is 17.0 Å². The molecule has 0 spiro atoms. The summed E-state index contributed by atoms with van der Waals surface area (Å²) in [5.74, 6) is 1.92. The van der Waals surface area contributed by atoms with Gasteiger partial charge in [-0.05, 0) is 25.8 Å². The van der Waals surface area contributed by atoms with Gasteiger partial charge in [0.25, 0.3) is 0 Å². The summed E-state index contributed by atoms with van der Waals surface area (Å²) < 4.78 is 7.39. The number of aromatic nitrogens is 4. The van der Waals surface area contributed by atoms with Crippen molar-refractivity contribution in [1.29, 1.82) is 0 Å². The highest BCUT2D eigenvalue weighted by Crippen LogP contribution is 2.24. The molecule has 3 heterocycles. The van der Waals surface area contributed by atoms with E-state index >= 15 is 0 Å². The number of aliphatic imine (C=N–C) groups is 1. The molecule has 0 bridgehead atoms. The molecule has 122 valence electrons. The number of morpholine rings is 1. The average Bonchev–Trinajstić information content (AvgIpc) is 3.06. The Kier molecular flexibility index (Phi) is 3.70. The van der Waals surface area contributed by atoms with E-state index in [1.54, 1.807) is 6.33 Å². The number of hydrogen-bond donors (Lipinski definition) is 0. The third-order valence-corrected chi connectivity index (χ3v) is 4.18. The normalized spacial score (nSPS) is 18.0. The summed E-state index contributed by atoms with van der Waals surface area (Å²) in [6, 6.07) is 10.0. The van der Waals surface area contributed by atoms with E-state index < -0.39 is 0 Å². The first-order valence-corrected chi connectivity index (χ1v) is 7.89. The van der Waals surface area contributed by atoms with Crippen LogP contribution in [-0.2, 0) is 4.74 Å². The molecule has 1 aliphatic heterocycles. The zero-order valence-electron chi connectivity index (χ0n) is 13.5. The second-order valence-electron chi connectivity index (χ2n) is 5.76. The highest BCUT2D eigenvalue weighted by molar-refractivity contribution is 5.76. The van der Waals surface area contributed by atoms with Crippen LogP contribution in [0.3, 0.4) is 0 Å². The maximum absolute atomic E-state index is 5.51. The highest BCUT2D eigenvalue weighted by Gasteiger charge is 2.22. The number of imidazole rings is 1. The zero-order valence-corrected chi connectivity index (χ0v) is 13.5. The molecule has 0 N–H and O–H groups in total. The molecule has 1 atom stereocenters. The number of anilines is 1. The third kappa shape index (κ3) is 2.52. The van der Waals surface area contributed by atoms with Gasteiger partial charge in [-0.3, -0.25) is 4.57 Å². The number of para-hydroxylation sites is 2. The van der Waals surface area contributed by atoms with Gasteiger partial charge in [-0.1, -0.05) is 12.1 Å². The summed E-state index contributed by atoms with van der Waals surface area (Å²) in [5, 5.41) is 0. The smallest absolute Gasteiger partial charge is 0.239 e. The van der Waals surface area contributed by atoms with Crippen LogP contribution in [0, 0.1) is 0 Å². The lowest BCUT2D eigenvalue weighted by Crippen LogP contribution is -2.44. The standard InChI is InChI=1S/C17H18N6O/c1-12-10-24-8-7-22(12)16-9-15(18-2)20-17(21-16)23-11-19-13-5-3-4-6-14(13)23/h3-6,9,11-12H,2,7-8,10H2,1H3/t12-/m1/s1. The second kappa shape index (κ2) is 6.01. The minimum Gasteiger partial charge on any atom is -0.377 e. The first-order valence-electron chi connectivity index (χ1n) is 7.89. The molecule has 0 amide bonds. The number of ether oxygens (including phenoxy) is 1. The quantitative estimate of drug-likeness (QED) is 0.693. The molecule has 7 heteroatoms. The van der Waals surface area contributed by atoms with Gasteiger partial charge in [0.15, 0.2) is 5.82 Å². The predicted molar refractivity (Wildman–Crippen MR) is 93.5 cm³/mol. The Hall–Kier alpha value is -2.80. The van der Waals surface area contributed by atoms with Gasteiger partial charge < -0.3 is 9.64 Å². The van der Waals surface area contributed by atoms with Crippen molar-refractivity contribution in [3.8, 4) is 5.95 Å². The summed E-state index contributed by atoms with van der Waals surface area (Å²) in [6.45, 7) is 7.90. The number of hydrogen-bond acceptors (Lipinski definition) is 6. The summed E-state index contributed by atoms with van der Waals surface area (Å²) >= 11 is 0. The van der Waals surface area contributed by atoms with Crippen molar-refractivity contribution in [1.82, 2.24) is 19.5 Å². The lowest BCUT2D eigenvalue weighted by molar-refractivity contribution is 0.0985. The van der Waals surface area contributed by atoms with Gasteiger partial charge in [-0.15, -0.1) is 0 Å². The summed E-state index contributed by atoms with van der Waals surface area (Å²) in [5.41, 5.74) is 1.86. The van der Waals surface area contributed by atoms with E-state index in [1.165, 1.54) is 0 Å². The van der Waals surface area contributed by atoms with Crippen LogP contribution in [0.5, 0.6) is 0 Å². The van der Waals surface area contributed by atoms with Crippen molar-refractivity contribution in [2.45, 2.75) is 13.0 Å². The van der Waals surface area contributed by atoms with Crippen molar-refractivity contribution in [2.75, 3.05) is 24.7 Å². The highest BCUT2D eigenvalue weighted by atomic mass is 16.5. The van der Waals surface area contributed by atoms with E-state index in [0.717, 1.165) is 23.4 Å². The van der Waals surface area contributed by atoms with Crippen LogP contribution in [-0.4, -0.2) is 52.0 Å². The Morgan fingerprint density at radius 3 is 3.00 bits per heavy atom. The minimum atomic E-state index is 0.249. The maximum Gasteiger partial charge on any atom is 0.239 e. The topological polar surface area (TPSA) is 68.4 Å². The van der Waals surface area contributed by atoms with Crippen molar-refractivity contribution in [2.24, 2.45) is 4.99 Å². The van der Waals surface area contributed by atoms with Crippen molar-refractivity contribution >= 4 is 29.4 Å². The van der Waals surface area contributed by atoms with Gasteiger partial charge in [0.05, 0.1) is 30.3 Å². The zero-order chi connectivity index (χ0) is 16.5. The summed E-state index contributed by atoms with van der Waals surface area (Å²) in [4.78, 5) is 19.9. The molecular formula is C17H18N6O. The SMILES string of the molecule is C=Nc1cc(N2CCOC[C@H]2C)nc(-n2cnc3ccccc32)n1. The lowest BCUT2D eigenvalue weighted by atomic mass is 10.2. The van der Waals surface area contributed by atoms with Gasteiger partial charge in [0.1, 0.15) is 12.1 Å². The van der Waals surface area contributed by atoms with Crippen molar-refractivity contribution in [3.05, 3.63) is 36.7 Å². The molecule has 0 unspecified atom stereocenters. The van der Waals surface area contributed by atoms with E-state index in [2.05, 4.69) is 33.5 Å². The second-order valence-corrected chi connectivity index (χ2v) is 5.76. The van der Waals surface area contributed by atoms with Gasteiger partial charge in [-0.2, -0.15) is 9.97 Å². The first kappa shape index (κ1) is 14.8. The van der Waals surface area contributed by atoms with E-state index in [9.17, 15) is 0 Å². The van der Waals surface area contributed by atoms with Crippen LogP contribution < -0.4 is 4.90 Å². The molecule has 1 aromatic carbocycles. The molecule has 0 radical (unpaired) electrons. The first-order chi connectivity index (χ1) is 11.8. The molecule has 7 nitrogen and oxygen atoms in total. The van der Waals surface area contributed by atoms with Gasteiger partial charge >= 0.3 is 0 Å². The Morgan fingerprint density at radius 1 is 1.29 bits per heavy atom. The Morgan fingerprint density at radius 2 is 2.17 bits per heavy atom. The Labute approximate surface area is 139 Å². The minimum absolute atomic E-state index is 0.249. The Balaban J connectivity index is 1.83. The van der Waals surface area contributed by atoms with E-state index in [4.69, 9.17) is 9.72 Å². The fraction of sp³-hybridized carbons (Fsp3) is 0.294. The number of rotatable bonds is 3. The van der Waals surface area contributed by atoms with E-state index in [0.29, 0.717) is 25.0 Å². The third-order valence-electron chi connectivity index (χ3n) is 4.18. The average molecular weight is 322 g/mol. The fourth-order valence-electron chi connectivity index (χ4n) is 2.93. The van der Waals surface area contributed by atoms with Crippen LogP contribution in [0.1, 0.15) is 6.92 Å². The lowest BCUT2D eigenvalue weighted by Gasteiger charge is -2.34. The van der Waals surface area contributed by atoms with Crippen molar-refractivity contribution < 1.29 is 4.74 Å². The molecule has 1 fully saturated rings. The van der Waals surface area contributed by atoms with Crippen LogP contribution >= 0.6 is 0 Å². The van der Waals surface area contributed by atoms with Gasteiger partial charge in [0, 0.05) is 12.6 Å². The largest absolute Gasteiger partial charge is 0.377 e. The van der Waals surface area contributed by atoms with E-state index in [-0.39, 0.29) is 6.04 Å². The number of fused-ring (bicyclic) bond motifs is 1. The van der Waals surface area contributed by atoms with Crippen LogP contribution in [0.4, 0.5) is 11.6 Å².